The zero-order valence-electron chi connectivity index (χ0n) is 17.6. The number of aryl methyl sites for hydroxylation is 1. The number of nitrogens with zero attached hydrogens (tertiary/aromatic N) is 2. The molecule has 1 aliphatic heterocycles. The highest BCUT2D eigenvalue weighted by atomic mass is 32.2. The molecule has 7 nitrogen and oxygen atoms in total. The topological polar surface area (TPSA) is 91.4 Å². The molecule has 0 radical (unpaired) electrons. The minimum Gasteiger partial charge on any atom is -0.326 e. The molecule has 0 spiro atoms. The van der Waals surface area contributed by atoms with Gasteiger partial charge in [-0.05, 0) is 74.7 Å². The van der Waals surface area contributed by atoms with E-state index in [1.165, 1.54) is 0 Å². The fraction of sp³-hybridized carbons (Fsp3) is 0.455. The minimum absolute atomic E-state index is 0.0995. The van der Waals surface area contributed by atoms with E-state index in [4.69, 9.17) is 0 Å². The number of nitrogens with one attached hydrogen (secondary N) is 2. The SMILES string of the molecule is CCC(=O)Nc1ccc(S(=O)(=O)NCC2CCN(Cc3ccccn3)CC2)c(C)c1. The molecule has 0 bridgehead atoms. The van der Waals surface area contributed by atoms with Crippen molar-refractivity contribution in [1.29, 1.82) is 0 Å². The van der Waals surface area contributed by atoms with Gasteiger partial charge in [0.05, 0.1) is 10.6 Å². The van der Waals surface area contributed by atoms with Gasteiger partial charge in [-0.1, -0.05) is 13.0 Å². The van der Waals surface area contributed by atoms with E-state index < -0.39 is 10.0 Å². The van der Waals surface area contributed by atoms with Crippen LogP contribution in [0.5, 0.6) is 0 Å². The summed E-state index contributed by atoms with van der Waals surface area (Å²) in [6.07, 6.45) is 4.09. The molecule has 2 heterocycles. The van der Waals surface area contributed by atoms with Gasteiger partial charge >= 0.3 is 0 Å². The molecule has 3 rings (SSSR count). The summed E-state index contributed by atoms with van der Waals surface area (Å²) in [4.78, 5) is 18.5. The first kappa shape index (κ1) is 22.4. The number of benzene rings is 1. The van der Waals surface area contributed by atoms with Crippen molar-refractivity contribution >= 4 is 21.6 Å². The van der Waals surface area contributed by atoms with Crippen LogP contribution in [0.2, 0.25) is 0 Å². The second-order valence-electron chi connectivity index (χ2n) is 7.77. The number of carbonyl (C=O) groups excluding carboxylic acids is 1. The van der Waals surface area contributed by atoms with Crippen molar-refractivity contribution in [2.45, 2.75) is 44.6 Å². The number of hydrogen-bond acceptors (Lipinski definition) is 5. The summed E-state index contributed by atoms with van der Waals surface area (Å²) in [5, 5.41) is 2.75. The number of rotatable bonds is 8. The number of hydrogen-bond donors (Lipinski definition) is 2. The number of amides is 1. The lowest BCUT2D eigenvalue weighted by molar-refractivity contribution is -0.115. The Labute approximate surface area is 178 Å². The summed E-state index contributed by atoms with van der Waals surface area (Å²) < 4.78 is 28.3. The number of pyridine rings is 1. The molecule has 30 heavy (non-hydrogen) atoms. The van der Waals surface area contributed by atoms with Crippen LogP contribution in [0.15, 0.2) is 47.5 Å². The van der Waals surface area contributed by atoms with Crippen molar-refractivity contribution in [3.8, 4) is 0 Å². The Balaban J connectivity index is 1.51. The van der Waals surface area contributed by atoms with E-state index in [1.807, 2.05) is 24.4 Å². The molecule has 8 heteroatoms. The van der Waals surface area contributed by atoms with Crippen LogP contribution in [0.4, 0.5) is 5.69 Å². The largest absolute Gasteiger partial charge is 0.326 e. The fourth-order valence-corrected chi connectivity index (χ4v) is 4.99. The van der Waals surface area contributed by atoms with Gasteiger partial charge in [0, 0.05) is 31.4 Å². The third kappa shape index (κ3) is 6.10. The van der Waals surface area contributed by atoms with Crippen molar-refractivity contribution < 1.29 is 13.2 Å². The molecule has 1 aromatic heterocycles. The highest BCUT2D eigenvalue weighted by molar-refractivity contribution is 7.89. The van der Waals surface area contributed by atoms with Crippen LogP contribution in [0, 0.1) is 12.8 Å². The van der Waals surface area contributed by atoms with Gasteiger partial charge in [-0.2, -0.15) is 0 Å². The second-order valence-corrected chi connectivity index (χ2v) is 9.51. The molecule has 0 unspecified atom stereocenters. The molecular weight excluding hydrogens is 400 g/mol. The Morgan fingerprint density at radius 3 is 2.60 bits per heavy atom. The zero-order valence-corrected chi connectivity index (χ0v) is 18.4. The highest BCUT2D eigenvalue weighted by Crippen LogP contribution is 2.22. The third-order valence-corrected chi connectivity index (χ3v) is 7.03. The monoisotopic (exact) mass is 430 g/mol. The predicted molar refractivity (Wildman–Crippen MR) is 118 cm³/mol. The number of aromatic nitrogens is 1. The molecule has 0 saturated carbocycles. The maximum atomic E-state index is 12.8. The average Bonchev–Trinajstić information content (AvgIpc) is 2.74. The van der Waals surface area contributed by atoms with Crippen LogP contribution in [0.25, 0.3) is 0 Å². The normalized spacial score (nSPS) is 15.8. The van der Waals surface area contributed by atoms with E-state index >= 15 is 0 Å². The van der Waals surface area contributed by atoms with Crippen molar-refractivity contribution in [3.63, 3.8) is 0 Å². The molecule has 2 aromatic rings. The van der Waals surface area contributed by atoms with Crippen LogP contribution >= 0.6 is 0 Å². The summed E-state index contributed by atoms with van der Waals surface area (Å²) in [5.74, 6) is 0.223. The van der Waals surface area contributed by atoms with Crippen LogP contribution in [-0.2, 0) is 21.4 Å². The van der Waals surface area contributed by atoms with Gasteiger partial charge in [-0.3, -0.25) is 14.7 Å². The van der Waals surface area contributed by atoms with Crippen LogP contribution in [0.1, 0.15) is 37.4 Å². The van der Waals surface area contributed by atoms with E-state index in [1.54, 1.807) is 32.0 Å². The van der Waals surface area contributed by atoms with Crippen LogP contribution < -0.4 is 10.0 Å². The molecule has 1 saturated heterocycles. The first-order valence-electron chi connectivity index (χ1n) is 10.4. The minimum atomic E-state index is -3.59. The summed E-state index contributed by atoms with van der Waals surface area (Å²) >= 11 is 0. The average molecular weight is 431 g/mol. The van der Waals surface area contributed by atoms with E-state index in [2.05, 4.69) is 19.9 Å². The Bertz CT molecular complexity index is 956. The number of carbonyl (C=O) groups is 1. The number of piperidine rings is 1. The lowest BCUT2D eigenvalue weighted by atomic mass is 9.97. The van der Waals surface area contributed by atoms with Gasteiger partial charge in [0.1, 0.15) is 0 Å². The van der Waals surface area contributed by atoms with Gasteiger partial charge in [-0.15, -0.1) is 0 Å². The lowest BCUT2D eigenvalue weighted by Crippen LogP contribution is -2.38. The van der Waals surface area contributed by atoms with E-state index in [0.717, 1.165) is 38.2 Å². The lowest BCUT2D eigenvalue weighted by Gasteiger charge is -2.31. The summed E-state index contributed by atoms with van der Waals surface area (Å²) in [6, 6.07) is 10.8. The second kappa shape index (κ2) is 10.1. The van der Waals surface area contributed by atoms with Gasteiger partial charge in [-0.25, -0.2) is 13.1 Å². The molecule has 1 aromatic carbocycles. The number of likely N-dealkylation sites (tertiary alicyclic amines) is 1. The maximum absolute atomic E-state index is 12.8. The molecular formula is C22H30N4O3S. The Morgan fingerprint density at radius 2 is 1.97 bits per heavy atom. The summed E-state index contributed by atoms with van der Waals surface area (Å²) in [5.41, 5.74) is 2.28. The summed E-state index contributed by atoms with van der Waals surface area (Å²) in [7, 11) is -3.59. The van der Waals surface area contributed by atoms with E-state index in [0.29, 0.717) is 30.1 Å². The predicted octanol–water partition coefficient (Wildman–Crippen LogP) is 2.93. The molecule has 1 amide bonds. The van der Waals surface area contributed by atoms with Crippen molar-refractivity contribution in [2.75, 3.05) is 25.0 Å². The Morgan fingerprint density at radius 1 is 1.20 bits per heavy atom. The number of anilines is 1. The first-order chi connectivity index (χ1) is 14.4. The van der Waals surface area contributed by atoms with Crippen LogP contribution in [-0.4, -0.2) is 43.8 Å². The van der Waals surface area contributed by atoms with E-state index in [9.17, 15) is 13.2 Å². The van der Waals surface area contributed by atoms with Crippen molar-refractivity contribution in [3.05, 3.63) is 53.9 Å². The first-order valence-corrected chi connectivity index (χ1v) is 11.9. The molecule has 162 valence electrons. The quantitative estimate of drug-likeness (QED) is 0.672. The highest BCUT2D eigenvalue weighted by Gasteiger charge is 2.23. The zero-order chi connectivity index (χ0) is 21.6. The van der Waals surface area contributed by atoms with Gasteiger partial charge < -0.3 is 5.32 Å². The Kier molecular flexibility index (Phi) is 7.58. The van der Waals surface area contributed by atoms with Gasteiger partial charge in [0.15, 0.2) is 0 Å². The molecule has 1 fully saturated rings. The maximum Gasteiger partial charge on any atom is 0.240 e. The Hall–Kier alpha value is -2.29. The summed E-state index contributed by atoms with van der Waals surface area (Å²) in [6.45, 7) is 6.66. The molecule has 0 aliphatic carbocycles. The van der Waals surface area contributed by atoms with Gasteiger partial charge in [0.2, 0.25) is 15.9 Å². The fourth-order valence-electron chi connectivity index (χ4n) is 3.65. The van der Waals surface area contributed by atoms with Crippen molar-refractivity contribution in [1.82, 2.24) is 14.6 Å². The molecule has 1 aliphatic rings. The molecule has 2 N–H and O–H groups in total. The van der Waals surface area contributed by atoms with E-state index in [-0.39, 0.29) is 10.8 Å². The standard InChI is InChI=1S/C22H30N4O3S/c1-3-22(27)25-19-7-8-21(17(2)14-19)30(28,29)24-15-18-9-12-26(13-10-18)16-20-6-4-5-11-23-20/h4-8,11,14,18,24H,3,9-10,12-13,15-16H2,1-2H3,(H,25,27). The third-order valence-electron chi connectivity index (χ3n) is 5.45. The van der Waals surface area contributed by atoms with Crippen molar-refractivity contribution in [2.24, 2.45) is 5.92 Å². The number of sulfonamides is 1. The smallest absolute Gasteiger partial charge is 0.240 e. The van der Waals surface area contributed by atoms with Crippen LogP contribution in [0.3, 0.4) is 0 Å². The van der Waals surface area contributed by atoms with Gasteiger partial charge in [0.25, 0.3) is 0 Å². The molecule has 0 atom stereocenters.